The number of nitrogens with one attached hydrogen (secondary N) is 1. The molecule has 11 heteroatoms. The number of imidazole rings is 1. The third-order valence-electron chi connectivity index (χ3n) is 5.86. The largest absolute Gasteiger partial charge is 0.497 e. The molecule has 0 saturated carbocycles. The van der Waals surface area contributed by atoms with Gasteiger partial charge in [-0.2, -0.15) is 0 Å². The fraction of sp³-hybridized carbons (Fsp3) is 0.346. The molecule has 0 saturated heterocycles. The lowest BCUT2D eigenvalue weighted by Crippen LogP contribution is -2.24. The van der Waals surface area contributed by atoms with Gasteiger partial charge in [0.1, 0.15) is 46.5 Å². The van der Waals surface area contributed by atoms with Gasteiger partial charge in [-0.3, -0.25) is 0 Å². The zero-order valence-electron chi connectivity index (χ0n) is 21.5. The molecule has 2 heterocycles. The number of H-pyrrole nitrogens is 1. The summed E-state index contributed by atoms with van der Waals surface area (Å²) in [6.45, 7) is 3.69. The Morgan fingerprint density at radius 3 is 1.95 bits per heavy atom. The summed E-state index contributed by atoms with van der Waals surface area (Å²) in [4.78, 5) is 9.97. The van der Waals surface area contributed by atoms with Crippen LogP contribution in [0.25, 0.3) is 11.0 Å². The number of halogens is 1. The van der Waals surface area contributed by atoms with Crippen LogP contribution in [0.4, 0.5) is 5.82 Å². The minimum absolute atomic E-state index is 0.210. The van der Waals surface area contributed by atoms with Gasteiger partial charge in [-0.25, -0.2) is 4.98 Å². The van der Waals surface area contributed by atoms with Gasteiger partial charge in [0.15, 0.2) is 11.0 Å². The van der Waals surface area contributed by atoms with Gasteiger partial charge in [-0.1, -0.05) is 11.6 Å². The molecule has 10 nitrogen and oxygen atoms in total. The van der Waals surface area contributed by atoms with Crippen molar-refractivity contribution in [2.45, 2.75) is 26.6 Å². The monoisotopic (exact) mass is 527 g/mol. The van der Waals surface area contributed by atoms with Crippen LogP contribution in [-0.4, -0.2) is 55.2 Å². The summed E-state index contributed by atoms with van der Waals surface area (Å²) in [7, 11) is 6.50. The highest BCUT2D eigenvalue weighted by molar-refractivity contribution is 6.33. The molecule has 0 fully saturated rings. The smallest absolute Gasteiger partial charge is 0.179 e. The number of nitrogens with zero attached hydrogens (tertiary/aromatic N) is 4. The van der Waals surface area contributed by atoms with Gasteiger partial charge in [0.05, 0.1) is 28.4 Å². The van der Waals surface area contributed by atoms with Crippen molar-refractivity contribution in [1.29, 1.82) is 0 Å². The van der Waals surface area contributed by atoms with E-state index in [9.17, 15) is 0 Å². The number of aromatic nitrogens is 4. The van der Waals surface area contributed by atoms with Crippen molar-refractivity contribution < 1.29 is 23.7 Å². The summed E-state index contributed by atoms with van der Waals surface area (Å²) in [6.07, 6.45) is 0. The van der Waals surface area contributed by atoms with Crippen LogP contribution in [0, 0.1) is 0 Å². The van der Waals surface area contributed by atoms with Crippen LogP contribution in [0.5, 0.6) is 23.0 Å². The minimum atomic E-state index is 0.210. The van der Waals surface area contributed by atoms with Crippen LogP contribution in [0.2, 0.25) is 5.15 Å². The maximum absolute atomic E-state index is 6.38. The second-order valence-electron chi connectivity index (χ2n) is 8.07. The van der Waals surface area contributed by atoms with Crippen LogP contribution in [0.15, 0.2) is 36.4 Å². The summed E-state index contributed by atoms with van der Waals surface area (Å²) in [6, 6.07) is 11.4. The average Bonchev–Trinajstić information content (AvgIpc) is 3.37. The normalized spacial score (nSPS) is 11.0. The summed E-state index contributed by atoms with van der Waals surface area (Å²) < 4.78 is 27.6. The number of methoxy groups -OCH3 is 4. The average molecular weight is 528 g/mol. The molecule has 0 radical (unpaired) electrons. The van der Waals surface area contributed by atoms with Gasteiger partial charge in [0.2, 0.25) is 0 Å². The standard InChI is InChI=1S/C26H30ClN5O5/c1-6-37-15-22-28-23-24(29-22)26(31-30-25(23)27)32(13-16-7-9-18(33-2)11-20(16)35-4)14-17-8-10-19(34-3)12-21(17)36-5/h7-12H,6,13-15H2,1-5H3,(H,28,29). The highest BCUT2D eigenvalue weighted by Crippen LogP contribution is 2.34. The third-order valence-corrected chi connectivity index (χ3v) is 6.11. The molecule has 0 spiro atoms. The Morgan fingerprint density at radius 2 is 1.43 bits per heavy atom. The van der Waals surface area contributed by atoms with Crippen LogP contribution >= 0.6 is 11.6 Å². The molecule has 1 N–H and O–H groups in total. The summed E-state index contributed by atoms with van der Waals surface area (Å²) in [5.41, 5.74) is 3.04. The van der Waals surface area contributed by atoms with Crippen molar-refractivity contribution in [3.05, 3.63) is 58.5 Å². The van der Waals surface area contributed by atoms with Crippen LogP contribution < -0.4 is 23.8 Å². The Labute approximate surface area is 220 Å². The van der Waals surface area contributed by atoms with Crippen molar-refractivity contribution in [3.8, 4) is 23.0 Å². The molecule has 2 aromatic heterocycles. The summed E-state index contributed by atoms with van der Waals surface area (Å²) in [5, 5.41) is 8.87. The van der Waals surface area contributed by atoms with Gasteiger partial charge in [0, 0.05) is 43.0 Å². The van der Waals surface area contributed by atoms with Crippen LogP contribution in [0.1, 0.15) is 23.9 Å². The number of aromatic amines is 1. The number of fused-ring (bicyclic) bond motifs is 1. The van der Waals surface area contributed by atoms with Gasteiger partial charge < -0.3 is 33.6 Å². The zero-order valence-corrected chi connectivity index (χ0v) is 22.3. The molecule has 0 bridgehead atoms. The van der Waals surface area contributed by atoms with Gasteiger partial charge in [-0.15, -0.1) is 10.2 Å². The molecule has 0 unspecified atom stereocenters. The van der Waals surface area contributed by atoms with Gasteiger partial charge >= 0.3 is 0 Å². The molecule has 2 aromatic carbocycles. The first kappa shape index (κ1) is 26.3. The van der Waals surface area contributed by atoms with E-state index >= 15 is 0 Å². The van der Waals surface area contributed by atoms with Crippen LogP contribution in [-0.2, 0) is 24.4 Å². The number of hydrogen-bond acceptors (Lipinski definition) is 9. The maximum Gasteiger partial charge on any atom is 0.179 e. The fourth-order valence-corrected chi connectivity index (χ4v) is 4.17. The Bertz CT molecular complexity index is 1310. The second-order valence-corrected chi connectivity index (χ2v) is 8.43. The lowest BCUT2D eigenvalue weighted by Gasteiger charge is -2.26. The van der Waals surface area contributed by atoms with Crippen molar-refractivity contribution in [1.82, 2.24) is 20.2 Å². The van der Waals surface area contributed by atoms with E-state index in [1.165, 1.54) is 0 Å². The number of anilines is 1. The highest BCUT2D eigenvalue weighted by Gasteiger charge is 2.22. The molecular formula is C26H30ClN5O5. The predicted molar refractivity (Wildman–Crippen MR) is 141 cm³/mol. The fourth-order valence-electron chi connectivity index (χ4n) is 3.99. The van der Waals surface area contributed by atoms with Crippen LogP contribution in [0.3, 0.4) is 0 Å². The lowest BCUT2D eigenvalue weighted by molar-refractivity contribution is 0.129. The summed E-state index contributed by atoms with van der Waals surface area (Å²) >= 11 is 6.38. The molecule has 0 aliphatic rings. The Hall–Kier alpha value is -3.76. The zero-order chi connectivity index (χ0) is 26.4. The number of rotatable bonds is 12. The first-order chi connectivity index (χ1) is 18.0. The Balaban J connectivity index is 1.82. The molecule has 0 aliphatic carbocycles. The molecule has 4 aromatic rings. The quantitative estimate of drug-likeness (QED) is 0.278. The first-order valence-electron chi connectivity index (χ1n) is 11.7. The Kier molecular flexibility index (Phi) is 8.52. The van der Waals surface area contributed by atoms with E-state index < -0.39 is 0 Å². The molecule has 4 rings (SSSR count). The van der Waals surface area contributed by atoms with E-state index in [1.54, 1.807) is 28.4 Å². The molecule has 0 atom stereocenters. The topological polar surface area (TPSA) is 104 Å². The SMILES string of the molecule is CCOCc1nc2c(Cl)nnc(N(Cc3ccc(OC)cc3OC)Cc3ccc(OC)cc3OC)c2[nH]1. The lowest BCUT2D eigenvalue weighted by atomic mass is 10.1. The number of hydrogen-bond donors (Lipinski definition) is 1. The van der Waals surface area contributed by atoms with Gasteiger partial charge in [-0.05, 0) is 31.2 Å². The number of ether oxygens (including phenoxy) is 5. The minimum Gasteiger partial charge on any atom is -0.497 e. The van der Waals surface area contributed by atoms with E-state index in [1.807, 2.05) is 43.3 Å². The number of benzene rings is 2. The maximum atomic E-state index is 6.38. The van der Waals surface area contributed by atoms with Crippen molar-refractivity contribution in [2.75, 3.05) is 39.9 Å². The molecule has 196 valence electrons. The third kappa shape index (κ3) is 5.81. The van der Waals surface area contributed by atoms with E-state index in [-0.39, 0.29) is 5.15 Å². The molecule has 0 aliphatic heterocycles. The van der Waals surface area contributed by atoms with Gasteiger partial charge in [0.25, 0.3) is 0 Å². The van der Waals surface area contributed by atoms with E-state index in [4.69, 9.17) is 35.3 Å². The molecule has 37 heavy (non-hydrogen) atoms. The van der Waals surface area contributed by atoms with E-state index in [2.05, 4.69) is 25.1 Å². The summed E-state index contributed by atoms with van der Waals surface area (Å²) in [5.74, 6) is 3.99. The molecular weight excluding hydrogens is 498 g/mol. The first-order valence-corrected chi connectivity index (χ1v) is 12.0. The molecule has 0 amide bonds. The predicted octanol–water partition coefficient (Wildman–Crippen LogP) is 4.78. The van der Waals surface area contributed by atoms with Crippen molar-refractivity contribution >= 4 is 28.5 Å². The van der Waals surface area contributed by atoms with E-state index in [0.29, 0.717) is 72.0 Å². The Morgan fingerprint density at radius 1 is 0.838 bits per heavy atom. The highest BCUT2D eigenvalue weighted by atomic mass is 35.5. The van der Waals surface area contributed by atoms with E-state index in [0.717, 1.165) is 11.1 Å². The van der Waals surface area contributed by atoms with Crippen molar-refractivity contribution in [3.63, 3.8) is 0 Å². The second kappa shape index (κ2) is 12.0. The van der Waals surface area contributed by atoms with Crippen molar-refractivity contribution in [2.24, 2.45) is 0 Å².